The Bertz CT molecular complexity index is 1040. The van der Waals surface area contributed by atoms with E-state index in [9.17, 15) is 8.42 Å². The fraction of sp³-hybridized carbons (Fsp3) is 0.409. The molecular weight excluding hydrogens is 370 g/mol. The number of aromatic nitrogens is 2. The third-order valence-electron chi connectivity index (χ3n) is 5.55. The number of imidazole rings is 1. The smallest absolute Gasteiger partial charge is 0.151 e. The van der Waals surface area contributed by atoms with Gasteiger partial charge in [-0.25, -0.2) is 13.4 Å². The van der Waals surface area contributed by atoms with Crippen LogP contribution in [-0.2, 0) is 16.4 Å². The topological polar surface area (TPSA) is 54.7 Å². The SMILES string of the molecule is CCCCN(Cc1c(-c2ccccc2)nc2ccccn12)C1CCS(=O)(=O)C1. The molecule has 1 atom stereocenters. The van der Waals surface area contributed by atoms with Gasteiger partial charge in [-0.1, -0.05) is 49.7 Å². The Morgan fingerprint density at radius 3 is 2.64 bits per heavy atom. The highest BCUT2D eigenvalue weighted by Gasteiger charge is 2.33. The van der Waals surface area contributed by atoms with Gasteiger partial charge in [0.05, 0.1) is 22.9 Å². The highest BCUT2D eigenvalue weighted by Crippen LogP contribution is 2.28. The van der Waals surface area contributed by atoms with E-state index in [0.717, 1.165) is 48.4 Å². The molecule has 3 heterocycles. The molecule has 1 aliphatic rings. The molecule has 0 saturated carbocycles. The molecule has 0 spiro atoms. The number of rotatable bonds is 7. The molecule has 1 fully saturated rings. The van der Waals surface area contributed by atoms with E-state index in [0.29, 0.717) is 12.3 Å². The van der Waals surface area contributed by atoms with E-state index in [1.54, 1.807) is 0 Å². The molecule has 3 aromatic rings. The van der Waals surface area contributed by atoms with Crippen LogP contribution in [0.25, 0.3) is 16.9 Å². The average Bonchev–Trinajstić information content (AvgIpc) is 3.25. The van der Waals surface area contributed by atoms with Crippen LogP contribution in [0, 0.1) is 0 Å². The first kappa shape index (κ1) is 19.2. The number of hydrogen-bond acceptors (Lipinski definition) is 4. The predicted molar refractivity (Wildman–Crippen MR) is 113 cm³/mol. The van der Waals surface area contributed by atoms with Crippen LogP contribution in [0.1, 0.15) is 31.9 Å². The van der Waals surface area contributed by atoms with Gasteiger partial charge in [-0.05, 0) is 31.5 Å². The molecule has 1 saturated heterocycles. The molecule has 0 aliphatic carbocycles. The Kier molecular flexibility index (Phi) is 5.51. The Balaban J connectivity index is 1.73. The summed E-state index contributed by atoms with van der Waals surface area (Å²) in [6.07, 6.45) is 4.93. The number of fused-ring (bicyclic) bond motifs is 1. The van der Waals surface area contributed by atoms with Gasteiger partial charge in [0.2, 0.25) is 0 Å². The lowest BCUT2D eigenvalue weighted by molar-refractivity contribution is 0.198. The van der Waals surface area contributed by atoms with Gasteiger partial charge in [-0.15, -0.1) is 0 Å². The Hall–Kier alpha value is -2.18. The maximum absolute atomic E-state index is 12.1. The summed E-state index contributed by atoms with van der Waals surface area (Å²) in [6, 6.07) is 16.4. The second kappa shape index (κ2) is 8.05. The summed E-state index contributed by atoms with van der Waals surface area (Å²) in [6.45, 7) is 3.79. The van der Waals surface area contributed by atoms with E-state index in [1.165, 1.54) is 0 Å². The van der Waals surface area contributed by atoms with E-state index in [-0.39, 0.29) is 11.8 Å². The summed E-state index contributed by atoms with van der Waals surface area (Å²) in [4.78, 5) is 7.25. The summed E-state index contributed by atoms with van der Waals surface area (Å²) in [7, 11) is -2.91. The Morgan fingerprint density at radius 1 is 1.14 bits per heavy atom. The monoisotopic (exact) mass is 397 g/mol. The summed E-state index contributed by atoms with van der Waals surface area (Å²) in [5.41, 5.74) is 4.12. The van der Waals surface area contributed by atoms with Crippen LogP contribution in [0.4, 0.5) is 0 Å². The van der Waals surface area contributed by atoms with Crippen molar-refractivity contribution < 1.29 is 8.42 Å². The molecule has 6 heteroatoms. The van der Waals surface area contributed by atoms with Gasteiger partial charge in [-0.2, -0.15) is 0 Å². The van der Waals surface area contributed by atoms with Crippen LogP contribution in [-0.4, -0.2) is 46.8 Å². The van der Waals surface area contributed by atoms with Crippen LogP contribution in [0.15, 0.2) is 54.7 Å². The normalized spacial score (nSPS) is 18.9. The van der Waals surface area contributed by atoms with Crippen molar-refractivity contribution in [2.45, 2.75) is 38.8 Å². The number of sulfone groups is 1. The van der Waals surface area contributed by atoms with E-state index in [1.807, 2.05) is 42.6 Å². The first-order valence-corrected chi connectivity index (χ1v) is 11.9. The van der Waals surface area contributed by atoms with Gasteiger partial charge in [0.25, 0.3) is 0 Å². The number of hydrogen-bond donors (Lipinski definition) is 0. The highest BCUT2D eigenvalue weighted by molar-refractivity contribution is 7.91. The molecule has 1 aromatic carbocycles. The third-order valence-corrected chi connectivity index (χ3v) is 7.30. The molecule has 1 aliphatic heterocycles. The molecule has 2 aromatic heterocycles. The lowest BCUT2D eigenvalue weighted by atomic mass is 10.1. The molecule has 148 valence electrons. The van der Waals surface area contributed by atoms with E-state index in [4.69, 9.17) is 4.98 Å². The highest BCUT2D eigenvalue weighted by atomic mass is 32.2. The predicted octanol–water partition coefficient (Wildman–Crippen LogP) is 3.79. The maximum atomic E-state index is 12.1. The first-order valence-electron chi connectivity index (χ1n) is 10.0. The lowest BCUT2D eigenvalue weighted by Gasteiger charge is -2.28. The van der Waals surface area contributed by atoms with Crippen molar-refractivity contribution in [3.63, 3.8) is 0 Å². The summed E-state index contributed by atoms with van der Waals surface area (Å²) in [5, 5.41) is 0. The summed E-state index contributed by atoms with van der Waals surface area (Å²) < 4.78 is 26.3. The number of nitrogens with zero attached hydrogens (tertiary/aromatic N) is 3. The number of unbranched alkanes of at least 4 members (excludes halogenated alkanes) is 1. The maximum Gasteiger partial charge on any atom is 0.151 e. The third kappa shape index (κ3) is 3.98. The van der Waals surface area contributed by atoms with Crippen molar-refractivity contribution in [3.05, 3.63) is 60.4 Å². The minimum absolute atomic E-state index is 0.0921. The molecule has 0 bridgehead atoms. The molecule has 0 amide bonds. The second-order valence-corrected chi connectivity index (χ2v) is 9.81. The van der Waals surface area contributed by atoms with Crippen LogP contribution in [0.3, 0.4) is 0 Å². The standard InChI is InChI=1S/C22H27N3O2S/c1-2-3-13-24(19-12-15-28(26,27)17-19)16-20-22(18-9-5-4-6-10-18)23-21-11-7-8-14-25(20)21/h4-11,14,19H,2-3,12-13,15-17H2,1H3. The minimum Gasteiger partial charge on any atom is -0.302 e. The average molecular weight is 398 g/mol. The van der Waals surface area contributed by atoms with Crippen LogP contribution < -0.4 is 0 Å². The summed E-state index contributed by atoms with van der Waals surface area (Å²) >= 11 is 0. The molecule has 4 rings (SSSR count). The second-order valence-electron chi connectivity index (χ2n) is 7.58. The molecule has 0 N–H and O–H groups in total. The van der Waals surface area contributed by atoms with Gasteiger partial charge in [-0.3, -0.25) is 4.90 Å². The van der Waals surface area contributed by atoms with Gasteiger partial charge < -0.3 is 4.40 Å². The van der Waals surface area contributed by atoms with Gasteiger partial charge in [0.1, 0.15) is 5.65 Å². The lowest BCUT2D eigenvalue weighted by Crippen LogP contribution is -2.37. The molecule has 1 unspecified atom stereocenters. The minimum atomic E-state index is -2.91. The van der Waals surface area contributed by atoms with Crippen LogP contribution >= 0.6 is 0 Å². The fourth-order valence-corrected chi connectivity index (χ4v) is 5.79. The van der Waals surface area contributed by atoms with Crippen LogP contribution in [0.5, 0.6) is 0 Å². The van der Waals surface area contributed by atoms with Crippen molar-refractivity contribution in [3.8, 4) is 11.3 Å². The van der Waals surface area contributed by atoms with Gasteiger partial charge >= 0.3 is 0 Å². The van der Waals surface area contributed by atoms with Crippen LogP contribution in [0.2, 0.25) is 0 Å². The summed E-state index contributed by atoms with van der Waals surface area (Å²) in [5.74, 6) is 0.576. The molecule has 5 nitrogen and oxygen atoms in total. The Morgan fingerprint density at radius 2 is 1.93 bits per heavy atom. The van der Waals surface area contributed by atoms with Crippen molar-refractivity contribution in [1.29, 1.82) is 0 Å². The number of benzene rings is 1. The zero-order chi connectivity index (χ0) is 19.6. The largest absolute Gasteiger partial charge is 0.302 e. The Labute approximate surface area is 166 Å². The molecule has 0 radical (unpaired) electrons. The van der Waals surface area contributed by atoms with E-state index >= 15 is 0 Å². The number of pyridine rings is 1. The molecular formula is C22H27N3O2S. The quantitative estimate of drug-likeness (QED) is 0.609. The first-order chi connectivity index (χ1) is 13.6. The molecule has 28 heavy (non-hydrogen) atoms. The van der Waals surface area contributed by atoms with Crippen molar-refractivity contribution >= 4 is 15.5 Å². The fourth-order valence-electron chi connectivity index (χ4n) is 4.03. The zero-order valence-electron chi connectivity index (χ0n) is 16.3. The van der Waals surface area contributed by atoms with Crippen molar-refractivity contribution in [2.75, 3.05) is 18.1 Å². The van der Waals surface area contributed by atoms with E-state index in [2.05, 4.69) is 28.4 Å². The van der Waals surface area contributed by atoms with Crippen molar-refractivity contribution in [2.24, 2.45) is 0 Å². The van der Waals surface area contributed by atoms with Gasteiger partial charge in [0, 0.05) is 24.3 Å². The zero-order valence-corrected chi connectivity index (χ0v) is 17.1. The van der Waals surface area contributed by atoms with Crippen molar-refractivity contribution in [1.82, 2.24) is 14.3 Å². The van der Waals surface area contributed by atoms with E-state index < -0.39 is 9.84 Å². The van der Waals surface area contributed by atoms with Gasteiger partial charge in [0.15, 0.2) is 9.84 Å².